The van der Waals surface area contributed by atoms with Gasteiger partial charge in [0.15, 0.2) is 11.5 Å². The standard InChI is InChI=1S/C14H13F2NO3/c15-14(16)20-11-4-2-10(3-5-11)17-8-9-1-6-12(18)13(19)7-9/h1-7,14,17-19H,8H2. The van der Waals surface area contributed by atoms with Crippen LogP contribution in [0.15, 0.2) is 42.5 Å². The summed E-state index contributed by atoms with van der Waals surface area (Å²) in [4.78, 5) is 0. The van der Waals surface area contributed by atoms with Gasteiger partial charge in [0.25, 0.3) is 0 Å². The smallest absolute Gasteiger partial charge is 0.387 e. The molecule has 0 aromatic heterocycles. The second-order valence-corrected chi connectivity index (χ2v) is 4.08. The fraction of sp³-hybridized carbons (Fsp3) is 0.143. The van der Waals surface area contributed by atoms with Gasteiger partial charge in [-0.2, -0.15) is 8.78 Å². The Balaban J connectivity index is 1.95. The summed E-state index contributed by atoms with van der Waals surface area (Å²) in [6, 6.07) is 10.6. The first-order valence-corrected chi connectivity index (χ1v) is 5.84. The molecular formula is C14H13F2NO3. The first kappa shape index (κ1) is 13.9. The number of halogens is 2. The van der Waals surface area contributed by atoms with Crippen LogP contribution in [0.1, 0.15) is 5.56 Å². The molecule has 0 aliphatic carbocycles. The fourth-order valence-corrected chi connectivity index (χ4v) is 1.64. The summed E-state index contributed by atoms with van der Waals surface area (Å²) in [7, 11) is 0. The predicted molar refractivity (Wildman–Crippen MR) is 70.2 cm³/mol. The van der Waals surface area contributed by atoms with Crippen LogP contribution in [0, 0.1) is 0 Å². The first-order chi connectivity index (χ1) is 9.54. The van der Waals surface area contributed by atoms with Gasteiger partial charge in [-0.1, -0.05) is 6.07 Å². The maximum absolute atomic E-state index is 12.0. The van der Waals surface area contributed by atoms with Crippen LogP contribution in [0.25, 0.3) is 0 Å². The number of benzene rings is 2. The van der Waals surface area contributed by atoms with E-state index in [1.165, 1.54) is 24.3 Å². The number of aromatic hydroxyl groups is 2. The van der Waals surface area contributed by atoms with E-state index in [1.807, 2.05) is 0 Å². The van der Waals surface area contributed by atoms with Crippen molar-refractivity contribution in [1.82, 2.24) is 0 Å². The number of alkyl halides is 2. The Bertz CT molecular complexity index is 573. The Morgan fingerprint density at radius 3 is 2.30 bits per heavy atom. The van der Waals surface area contributed by atoms with Crippen molar-refractivity contribution in [3.63, 3.8) is 0 Å². The summed E-state index contributed by atoms with van der Waals surface area (Å²) >= 11 is 0. The van der Waals surface area contributed by atoms with Crippen molar-refractivity contribution in [3.8, 4) is 17.2 Å². The van der Waals surface area contributed by atoms with Crippen LogP contribution >= 0.6 is 0 Å². The molecule has 0 saturated carbocycles. The molecule has 2 aromatic rings. The molecule has 3 N–H and O–H groups in total. The highest BCUT2D eigenvalue weighted by atomic mass is 19.3. The summed E-state index contributed by atoms with van der Waals surface area (Å²) < 4.78 is 28.2. The van der Waals surface area contributed by atoms with E-state index in [1.54, 1.807) is 18.2 Å². The summed E-state index contributed by atoms with van der Waals surface area (Å²) in [5.74, 6) is -0.278. The van der Waals surface area contributed by atoms with E-state index in [2.05, 4.69) is 10.1 Å². The number of ether oxygens (including phenoxy) is 1. The number of rotatable bonds is 5. The summed E-state index contributed by atoms with van der Waals surface area (Å²) in [5.41, 5.74) is 1.49. The highest BCUT2D eigenvalue weighted by molar-refractivity contribution is 5.48. The quantitative estimate of drug-likeness (QED) is 0.736. The Labute approximate surface area is 114 Å². The first-order valence-electron chi connectivity index (χ1n) is 5.84. The Morgan fingerprint density at radius 2 is 1.70 bits per heavy atom. The molecule has 0 atom stereocenters. The second kappa shape index (κ2) is 6.10. The molecular weight excluding hydrogens is 268 g/mol. The average Bonchev–Trinajstić information content (AvgIpc) is 2.41. The van der Waals surface area contributed by atoms with Gasteiger partial charge in [0.2, 0.25) is 0 Å². The molecule has 0 heterocycles. The van der Waals surface area contributed by atoms with Crippen molar-refractivity contribution in [3.05, 3.63) is 48.0 Å². The van der Waals surface area contributed by atoms with E-state index >= 15 is 0 Å². The number of phenols is 2. The van der Waals surface area contributed by atoms with Crippen molar-refractivity contribution >= 4 is 5.69 Å². The molecule has 0 radical (unpaired) electrons. The highest BCUT2D eigenvalue weighted by Crippen LogP contribution is 2.25. The SMILES string of the molecule is Oc1ccc(CNc2ccc(OC(F)F)cc2)cc1O. The van der Waals surface area contributed by atoms with Crippen molar-refractivity contribution < 1.29 is 23.7 Å². The van der Waals surface area contributed by atoms with Crippen molar-refractivity contribution in [2.75, 3.05) is 5.32 Å². The average molecular weight is 281 g/mol. The van der Waals surface area contributed by atoms with Gasteiger partial charge < -0.3 is 20.3 Å². The summed E-state index contributed by atoms with van der Waals surface area (Å²) in [6.07, 6.45) is 0. The number of hydrogen-bond acceptors (Lipinski definition) is 4. The van der Waals surface area contributed by atoms with Gasteiger partial charge in [0.05, 0.1) is 0 Å². The summed E-state index contributed by atoms with van der Waals surface area (Å²) in [5, 5.41) is 21.6. The Kier molecular flexibility index (Phi) is 4.24. The van der Waals surface area contributed by atoms with E-state index in [4.69, 9.17) is 0 Å². The van der Waals surface area contributed by atoms with Crippen LogP contribution < -0.4 is 10.1 Å². The minimum absolute atomic E-state index is 0.0906. The minimum Gasteiger partial charge on any atom is -0.504 e. The van der Waals surface area contributed by atoms with Crippen LogP contribution in [-0.2, 0) is 6.54 Å². The Morgan fingerprint density at radius 1 is 1.00 bits per heavy atom. The zero-order chi connectivity index (χ0) is 14.5. The van der Waals surface area contributed by atoms with Gasteiger partial charge in [-0.25, -0.2) is 0 Å². The van der Waals surface area contributed by atoms with Gasteiger partial charge in [-0.15, -0.1) is 0 Å². The van der Waals surface area contributed by atoms with Crippen molar-refractivity contribution in [2.24, 2.45) is 0 Å². The van der Waals surface area contributed by atoms with E-state index in [0.717, 1.165) is 11.3 Å². The van der Waals surface area contributed by atoms with Crippen LogP contribution in [0.4, 0.5) is 14.5 Å². The third-order valence-electron chi connectivity index (χ3n) is 2.62. The van der Waals surface area contributed by atoms with Gasteiger partial charge >= 0.3 is 6.61 Å². The molecule has 6 heteroatoms. The number of hydrogen-bond donors (Lipinski definition) is 3. The maximum atomic E-state index is 12.0. The third-order valence-corrected chi connectivity index (χ3v) is 2.62. The lowest BCUT2D eigenvalue weighted by atomic mass is 10.2. The molecule has 4 nitrogen and oxygen atoms in total. The molecule has 20 heavy (non-hydrogen) atoms. The molecule has 0 fully saturated rings. The maximum Gasteiger partial charge on any atom is 0.387 e. The van der Waals surface area contributed by atoms with Crippen LogP contribution in [0.2, 0.25) is 0 Å². The van der Waals surface area contributed by atoms with Gasteiger partial charge in [0, 0.05) is 12.2 Å². The molecule has 2 rings (SSSR count). The molecule has 0 saturated heterocycles. The zero-order valence-electron chi connectivity index (χ0n) is 10.4. The molecule has 0 aliphatic heterocycles. The number of phenolic OH excluding ortho intramolecular Hbond substituents is 2. The van der Waals surface area contributed by atoms with Gasteiger partial charge in [-0.3, -0.25) is 0 Å². The lowest BCUT2D eigenvalue weighted by molar-refractivity contribution is -0.0498. The monoisotopic (exact) mass is 281 g/mol. The van der Waals surface area contributed by atoms with Crippen LogP contribution in [0.3, 0.4) is 0 Å². The molecule has 106 valence electrons. The molecule has 0 spiro atoms. The van der Waals surface area contributed by atoms with E-state index < -0.39 is 6.61 Å². The number of nitrogens with one attached hydrogen (secondary N) is 1. The number of anilines is 1. The van der Waals surface area contributed by atoms with E-state index in [9.17, 15) is 19.0 Å². The topological polar surface area (TPSA) is 61.7 Å². The van der Waals surface area contributed by atoms with Crippen molar-refractivity contribution in [1.29, 1.82) is 0 Å². The predicted octanol–water partition coefficient (Wildman–Crippen LogP) is 3.31. The molecule has 0 amide bonds. The van der Waals surface area contributed by atoms with E-state index in [0.29, 0.717) is 6.54 Å². The van der Waals surface area contributed by atoms with Crippen LogP contribution in [-0.4, -0.2) is 16.8 Å². The Hall–Kier alpha value is -2.50. The highest BCUT2D eigenvalue weighted by Gasteiger charge is 2.04. The normalized spacial score (nSPS) is 10.6. The lowest BCUT2D eigenvalue weighted by Crippen LogP contribution is -2.02. The molecule has 0 unspecified atom stereocenters. The van der Waals surface area contributed by atoms with Crippen LogP contribution in [0.5, 0.6) is 17.2 Å². The largest absolute Gasteiger partial charge is 0.504 e. The van der Waals surface area contributed by atoms with Gasteiger partial charge in [0.1, 0.15) is 5.75 Å². The molecule has 2 aromatic carbocycles. The van der Waals surface area contributed by atoms with Gasteiger partial charge in [-0.05, 0) is 42.0 Å². The lowest BCUT2D eigenvalue weighted by Gasteiger charge is -2.09. The zero-order valence-corrected chi connectivity index (χ0v) is 10.4. The second-order valence-electron chi connectivity index (χ2n) is 4.08. The third kappa shape index (κ3) is 3.74. The molecule has 0 aliphatic rings. The van der Waals surface area contributed by atoms with Crippen molar-refractivity contribution in [2.45, 2.75) is 13.2 Å². The van der Waals surface area contributed by atoms with E-state index in [-0.39, 0.29) is 17.2 Å². The molecule has 0 bridgehead atoms. The fourth-order valence-electron chi connectivity index (χ4n) is 1.64. The minimum atomic E-state index is -2.84. The summed E-state index contributed by atoms with van der Waals surface area (Å²) in [6.45, 7) is -2.42.